The highest BCUT2D eigenvalue weighted by Crippen LogP contribution is 2.16. The third-order valence-electron chi connectivity index (χ3n) is 4.96. The van der Waals surface area contributed by atoms with E-state index in [-0.39, 0.29) is 24.0 Å². The van der Waals surface area contributed by atoms with Crippen LogP contribution < -0.4 is 10.1 Å². The highest BCUT2D eigenvalue weighted by atomic mass is 16.5. The zero-order chi connectivity index (χ0) is 22.3. The summed E-state index contributed by atoms with van der Waals surface area (Å²) in [5, 5.41) is 2.97. The van der Waals surface area contributed by atoms with Crippen LogP contribution in [0.1, 0.15) is 51.3 Å². The van der Waals surface area contributed by atoms with E-state index in [0.717, 1.165) is 17.5 Å². The molecule has 0 bridgehead atoms. The predicted octanol–water partition coefficient (Wildman–Crippen LogP) is 4.27. The average Bonchev–Trinajstić information content (AvgIpc) is 2.70. The molecule has 5 nitrogen and oxygen atoms in total. The van der Waals surface area contributed by atoms with Crippen LogP contribution in [0.25, 0.3) is 0 Å². The first-order valence-electron chi connectivity index (χ1n) is 10.5. The molecule has 0 aliphatic heterocycles. The molecule has 5 heteroatoms. The molecule has 0 spiro atoms. The monoisotopic (exact) mass is 410 g/mol. The maximum atomic E-state index is 13.1. The Bertz CT molecular complexity index is 853. The van der Waals surface area contributed by atoms with Crippen molar-refractivity contribution in [3.63, 3.8) is 0 Å². The molecule has 0 aromatic heterocycles. The lowest BCUT2D eigenvalue weighted by Crippen LogP contribution is -2.53. The Kier molecular flexibility index (Phi) is 8.04. The molecule has 2 rings (SSSR count). The highest BCUT2D eigenvalue weighted by molar-refractivity contribution is 5.88. The molecular formula is C25H34N2O3. The Morgan fingerprint density at radius 2 is 1.70 bits per heavy atom. The van der Waals surface area contributed by atoms with Crippen molar-refractivity contribution in [2.24, 2.45) is 0 Å². The number of carbonyl (C=O) groups is 2. The number of amides is 2. The van der Waals surface area contributed by atoms with Crippen molar-refractivity contribution in [1.29, 1.82) is 0 Å². The third kappa shape index (κ3) is 6.90. The molecule has 0 aliphatic carbocycles. The fourth-order valence-corrected chi connectivity index (χ4v) is 3.08. The first kappa shape index (κ1) is 23.5. The third-order valence-corrected chi connectivity index (χ3v) is 4.96. The van der Waals surface area contributed by atoms with Gasteiger partial charge < -0.3 is 15.0 Å². The molecule has 2 aromatic carbocycles. The van der Waals surface area contributed by atoms with Gasteiger partial charge in [-0.05, 0) is 69.9 Å². The molecule has 30 heavy (non-hydrogen) atoms. The van der Waals surface area contributed by atoms with E-state index in [1.54, 1.807) is 11.8 Å². The van der Waals surface area contributed by atoms with Crippen LogP contribution >= 0.6 is 0 Å². The summed E-state index contributed by atoms with van der Waals surface area (Å²) >= 11 is 0. The summed E-state index contributed by atoms with van der Waals surface area (Å²) in [7, 11) is 0. The van der Waals surface area contributed by atoms with Crippen molar-refractivity contribution >= 4 is 11.8 Å². The van der Waals surface area contributed by atoms with Crippen molar-refractivity contribution < 1.29 is 14.3 Å². The fraction of sp³-hybridized carbons (Fsp3) is 0.440. The fourth-order valence-electron chi connectivity index (χ4n) is 3.08. The van der Waals surface area contributed by atoms with Crippen molar-refractivity contribution in [1.82, 2.24) is 10.2 Å². The summed E-state index contributed by atoms with van der Waals surface area (Å²) in [4.78, 5) is 27.5. The van der Waals surface area contributed by atoms with Gasteiger partial charge >= 0.3 is 0 Å². The van der Waals surface area contributed by atoms with Gasteiger partial charge in [-0.1, -0.05) is 43.3 Å². The Labute approximate surface area is 180 Å². The molecule has 0 saturated heterocycles. The molecule has 0 unspecified atom stereocenters. The van der Waals surface area contributed by atoms with Crippen LogP contribution in [-0.2, 0) is 22.6 Å². The summed E-state index contributed by atoms with van der Waals surface area (Å²) in [5.74, 6) is 0.231. The average molecular weight is 411 g/mol. The smallest absolute Gasteiger partial charge is 0.261 e. The molecule has 2 amide bonds. The van der Waals surface area contributed by atoms with E-state index < -0.39 is 6.04 Å². The number of hydrogen-bond donors (Lipinski definition) is 1. The van der Waals surface area contributed by atoms with E-state index in [2.05, 4.69) is 12.2 Å². The Hall–Kier alpha value is -2.82. The maximum absolute atomic E-state index is 13.1. The van der Waals surface area contributed by atoms with Gasteiger partial charge in [0.25, 0.3) is 5.91 Å². The minimum absolute atomic E-state index is 0.121. The van der Waals surface area contributed by atoms with Gasteiger partial charge in [-0.15, -0.1) is 0 Å². The lowest BCUT2D eigenvalue weighted by molar-refractivity contribution is -0.142. The molecule has 0 saturated carbocycles. The van der Waals surface area contributed by atoms with Crippen molar-refractivity contribution in [3.05, 3.63) is 65.2 Å². The number of hydrogen-bond acceptors (Lipinski definition) is 3. The Morgan fingerprint density at radius 1 is 1.07 bits per heavy atom. The maximum Gasteiger partial charge on any atom is 0.261 e. The van der Waals surface area contributed by atoms with Crippen molar-refractivity contribution in [2.75, 3.05) is 6.61 Å². The Balaban J connectivity index is 2.16. The zero-order valence-corrected chi connectivity index (χ0v) is 19.0. The zero-order valence-electron chi connectivity index (χ0n) is 19.0. The van der Waals surface area contributed by atoms with Gasteiger partial charge in [0.1, 0.15) is 11.8 Å². The van der Waals surface area contributed by atoms with Crippen molar-refractivity contribution in [2.45, 2.75) is 66.1 Å². The van der Waals surface area contributed by atoms with Crippen LogP contribution in [0.15, 0.2) is 48.5 Å². The summed E-state index contributed by atoms with van der Waals surface area (Å²) < 4.78 is 5.72. The molecular weight excluding hydrogens is 376 g/mol. The van der Waals surface area contributed by atoms with Crippen LogP contribution in [0.5, 0.6) is 5.75 Å². The first-order valence-corrected chi connectivity index (χ1v) is 10.5. The number of nitrogens with zero attached hydrogens (tertiary/aromatic N) is 1. The first-order chi connectivity index (χ1) is 14.1. The van der Waals surface area contributed by atoms with Gasteiger partial charge in [-0.3, -0.25) is 9.59 Å². The molecule has 1 atom stereocenters. The molecule has 0 fully saturated rings. The predicted molar refractivity (Wildman–Crippen MR) is 120 cm³/mol. The van der Waals surface area contributed by atoms with E-state index >= 15 is 0 Å². The second kappa shape index (κ2) is 10.3. The molecule has 2 aromatic rings. The molecule has 0 radical (unpaired) electrons. The number of carbonyl (C=O) groups excluding carboxylic acids is 2. The second-order valence-corrected chi connectivity index (χ2v) is 8.65. The van der Waals surface area contributed by atoms with Gasteiger partial charge in [-0.25, -0.2) is 0 Å². The summed E-state index contributed by atoms with van der Waals surface area (Å²) in [6, 6.07) is 15.0. The van der Waals surface area contributed by atoms with Crippen LogP contribution in [-0.4, -0.2) is 34.9 Å². The van der Waals surface area contributed by atoms with E-state index in [4.69, 9.17) is 4.74 Å². The number of aryl methyl sites for hydroxylation is 2. The van der Waals surface area contributed by atoms with Crippen molar-refractivity contribution in [3.8, 4) is 5.75 Å². The highest BCUT2D eigenvalue weighted by Gasteiger charge is 2.28. The molecule has 0 heterocycles. The topological polar surface area (TPSA) is 58.6 Å². The van der Waals surface area contributed by atoms with E-state index in [1.807, 2.05) is 76.2 Å². The lowest BCUT2D eigenvalue weighted by atomic mass is 10.1. The summed E-state index contributed by atoms with van der Waals surface area (Å²) in [5.41, 5.74) is 2.92. The molecule has 162 valence electrons. The van der Waals surface area contributed by atoms with Gasteiger partial charge in [0.15, 0.2) is 6.61 Å². The van der Waals surface area contributed by atoms with Crippen LogP contribution in [0.2, 0.25) is 0 Å². The minimum Gasteiger partial charge on any atom is -0.484 e. The standard InChI is InChI=1S/C25H34N2O3/c1-7-20-12-14-22(15-13-20)30-17-23(28)27(16-21-11-9-8-10-18(21)2)19(3)24(29)26-25(4,5)6/h8-15,19H,7,16-17H2,1-6H3,(H,26,29)/t19-/m0/s1. The molecule has 0 aliphatic rings. The number of rotatable bonds is 8. The van der Waals surface area contributed by atoms with Crippen LogP contribution in [0.4, 0.5) is 0 Å². The van der Waals surface area contributed by atoms with Gasteiger partial charge in [-0.2, -0.15) is 0 Å². The van der Waals surface area contributed by atoms with Gasteiger partial charge in [0.2, 0.25) is 5.91 Å². The van der Waals surface area contributed by atoms with E-state index in [9.17, 15) is 9.59 Å². The number of ether oxygens (including phenoxy) is 1. The normalized spacial score (nSPS) is 12.2. The Morgan fingerprint density at radius 3 is 2.27 bits per heavy atom. The van der Waals surface area contributed by atoms with E-state index in [1.165, 1.54) is 5.56 Å². The van der Waals surface area contributed by atoms with Gasteiger partial charge in [0, 0.05) is 12.1 Å². The summed E-state index contributed by atoms with van der Waals surface area (Å²) in [6.45, 7) is 11.9. The second-order valence-electron chi connectivity index (χ2n) is 8.65. The number of nitrogens with one attached hydrogen (secondary N) is 1. The van der Waals surface area contributed by atoms with Gasteiger partial charge in [0.05, 0.1) is 0 Å². The SMILES string of the molecule is CCc1ccc(OCC(=O)N(Cc2ccccc2C)[C@@H](C)C(=O)NC(C)(C)C)cc1. The molecule has 1 N–H and O–H groups in total. The van der Waals surface area contributed by atoms with Crippen LogP contribution in [0, 0.1) is 6.92 Å². The quantitative estimate of drug-likeness (QED) is 0.707. The number of benzene rings is 2. The van der Waals surface area contributed by atoms with E-state index in [0.29, 0.717) is 12.3 Å². The van der Waals surface area contributed by atoms with Crippen LogP contribution in [0.3, 0.4) is 0 Å². The lowest BCUT2D eigenvalue weighted by Gasteiger charge is -2.31. The largest absolute Gasteiger partial charge is 0.484 e. The summed E-state index contributed by atoms with van der Waals surface area (Å²) in [6.07, 6.45) is 0.948. The minimum atomic E-state index is -0.623.